The van der Waals surface area contributed by atoms with Gasteiger partial charge in [0.15, 0.2) is 0 Å². The second kappa shape index (κ2) is 3.22. The molecule has 3 nitrogen and oxygen atoms in total. The number of phenols is 1. The zero-order chi connectivity index (χ0) is 10.2. The quantitative estimate of drug-likeness (QED) is 0.643. The standard InChI is InChI=1S/C10H12FNO2/c11-9-3-8(13)2-1-7(9)4-10(14)5-12-6-10/h1-3,12-14H,4-6H2. The summed E-state index contributed by atoms with van der Waals surface area (Å²) >= 11 is 0. The molecule has 0 spiro atoms. The van der Waals surface area contributed by atoms with E-state index in [0.717, 1.165) is 6.07 Å². The van der Waals surface area contributed by atoms with Gasteiger partial charge in [-0.15, -0.1) is 0 Å². The van der Waals surface area contributed by atoms with Crippen LogP contribution >= 0.6 is 0 Å². The van der Waals surface area contributed by atoms with Crippen LogP contribution in [0.4, 0.5) is 4.39 Å². The van der Waals surface area contributed by atoms with Crippen molar-refractivity contribution in [1.82, 2.24) is 5.32 Å². The van der Waals surface area contributed by atoms with Crippen molar-refractivity contribution in [3.63, 3.8) is 0 Å². The van der Waals surface area contributed by atoms with Crippen molar-refractivity contribution in [3.8, 4) is 5.75 Å². The largest absolute Gasteiger partial charge is 0.508 e. The Balaban J connectivity index is 2.16. The monoisotopic (exact) mass is 197 g/mol. The molecule has 1 heterocycles. The number of aliphatic hydroxyl groups is 1. The molecule has 1 fully saturated rings. The zero-order valence-corrected chi connectivity index (χ0v) is 7.63. The second-order valence-corrected chi connectivity index (χ2v) is 3.78. The number of hydrogen-bond acceptors (Lipinski definition) is 3. The highest BCUT2D eigenvalue weighted by molar-refractivity contribution is 5.29. The van der Waals surface area contributed by atoms with Crippen LogP contribution in [0.15, 0.2) is 18.2 Å². The van der Waals surface area contributed by atoms with Gasteiger partial charge in [-0.05, 0) is 11.6 Å². The van der Waals surface area contributed by atoms with E-state index >= 15 is 0 Å². The summed E-state index contributed by atoms with van der Waals surface area (Å²) in [5, 5.41) is 21.7. The van der Waals surface area contributed by atoms with E-state index in [2.05, 4.69) is 5.32 Å². The van der Waals surface area contributed by atoms with Crippen molar-refractivity contribution in [2.24, 2.45) is 0 Å². The summed E-state index contributed by atoms with van der Waals surface area (Å²) in [6.07, 6.45) is 0.284. The molecule has 0 aromatic heterocycles. The van der Waals surface area contributed by atoms with Gasteiger partial charge in [-0.25, -0.2) is 4.39 Å². The lowest BCUT2D eigenvalue weighted by atomic mass is 9.89. The smallest absolute Gasteiger partial charge is 0.130 e. The molecule has 1 aromatic rings. The lowest BCUT2D eigenvalue weighted by Gasteiger charge is -2.37. The summed E-state index contributed by atoms with van der Waals surface area (Å²) in [4.78, 5) is 0. The average Bonchev–Trinajstić information content (AvgIpc) is 2.07. The van der Waals surface area contributed by atoms with E-state index in [9.17, 15) is 9.50 Å². The number of nitrogens with one attached hydrogen (secondary N) is 1. The molecule has 0 atom stereocenters. The fourth-order valence-electron chi connectivity index (χ4n) is 1.57. The molecule has 0 saturated carbocycles. The topological polar surface area (TPSA) is 52.5 Å². The van der Waals surface area contributed by atoms with Crippen molar-refractivity contribution in [2.75, 3.05) is 13.1 Å². The van der Waals surface area contributed by atoms with Crippen LogP contribution in [0.2, 0.25) is 0 Å². The molecule has 0 aliphatic carbocycles. The van der Waals surface area contributed by atoms with E-state index < -0.39 is 11.4 Å². The molecular formula is C10H12FNO2. The Hall–Kier alpha value is -1.13. The maximum atomic E-state index is 13.2. The van der Waals surface area contributed by atoms with Crippen molar-refractivity contribution in [1.29, 1.82) is 0 Å². The molecule has 1 aliphatic heterocycles. The van der Waals surface area contributed by atoms with Crippen molar-refractivity contribution >= 4 is 0 Å². The van der Waals surface area contributed by atoms with Gasteiger partial charge in [0.1, 0.15) is 11.6 Å². The molecular weight excluding hydrogens is 185 g/mol. The molecule has 0 amide bonds. The maximum absolute atomic E-state index is 13.2. The summed E-state index contributed by atoms with van der Waals surface area (Å²) in [5.41, 5.74) is -0.385. The highest BCUT2D eigenvalue weighted by Crippen LogP contribution is 2.22. The Morgan fingerprint density at radius 3 is 2.64 bits per heavy atom. The van der Waals surface area contributed by atoms with Gasteiger partial charge in [-0.2, -0.15) is 0 Å². The molecule has 1 aliphatic rings. The number of benzene rings is 1. The molecule has 0 unspecified atom stereocenters. The Bertz CT molecular complexity index is 350. The van der Waals surface area contributed by atoms with Gasteiger partial charge in [0.05, 0.1) is 5.60 Å². The molecule has 0 bridgehead atoms. The van der Waals surface area contributed by atoms with Crippen LogP contribution in [0.5, 0.6) is 5.75 Å². The van der Waals surface area contributed by atoms with Crippen LogP contribution in [0.3, 0.4) is 0 Å². The average molecular weight is 197 g/mol. The third-order valence-electron chi connectivity index (χ3n) is 2.46. The number of phenolic OH excluding ortho intramolecular Hbond substituents is 1. The molecule has 76 valence electrons. The normalized spacial score (nSPS) is 19.0. The molecule has 3 N–H and O–H groups in total. The van der Waals surface area contributed by atoms with Gasteiger partial charge in [-0.1, -0.05) is 6.07 Å². The van der Waals surface area contributed by atoms with Gasteiger partial charge in [-0.3, -0.25) is 0 Å². The number of aromatic hydroxyl groups is 1. The highest BCUT2D eigenvalue weighted by Gasteiger charge is 2.34. The van der Waals surface area contributed by atoms with E-state index in [1.54, 1.807) is 0 Å². The molecule has 1 aromatic carbocycles. The third-order valence-corrected chi connectivity index (χ3v) is 2.46. The SMILES string of the molecule is Oc1ccc(CC2(O)CNC2)c(F)c1. The van der Waals surface area contributed by atoms with E-state index in [1.165, 1.54) is 12.1 Å². The first-order valence-electron chi connectivity index (χ1n) is 4.50. The molecule has 4 heteroatoms. The first-order chi connectivity index (χ1) is 6.59. The Labute approximate surface area is 81.2 Å². The fourth-order valence-corrected chi connectivity index (χ4v) is 1.57. The zero-order valence-electron chi connectivity index (χ0n) is 7.63. The van der Waals surface area contributed by atoms with Crippen LogP contribution in [-0.4, -0.2) is 28.9 Å². The first-order valence-corrected chi connectivity index (χ1v) is 4.50. The number of hydrogen-bond donors (Lipinski definition) is 3. The van der Waals surface area contributed by atoms with E-state index in [0.29, 0.717) is 18.7 Å². The minimum absolute atomic E-state index is 0.0926. The van der Waals surface area contributed by atoms with E-state index in [4.69, 9.17) is 5.11 Å². The van der Waals surface area contributed by atoms with Crippen LogP contribution < -0.4 is 5.32 Å². The number of halogens is 1. The fraction of sp³-hybridized carbons (Fsp3) is 0.400. The van der Waals surface area contributed by atoms with Crippen molar-refractivity contribution in [3.05, 3.63) is 29.6 Å². The molecule has 1 saturated heterocycles. The summed E-state index contributed by atoms with van der Waals surface area (Å²) in [5.74, 6) is -0.560. The summed E-state index contributed by atoms with van der Waals surface area (Å²) in [6.45, 7) is 0.987. The van der Waals surface area contributed by atoms with Gasteiger partial charge in [0.25, 0.3) is 0 Å². The van der Waals surface area contributed by atoms with E-state index in [-0.39, 0.29) is 12.2 Å². The first kappa shape index (κ1) is 9.43. The van der Waals surface area contributed by atoms with Gasteiger partial charge >= 0.3 is 0 Å². The summed E-state index contributed by atoms with van der Waals surface area (Å²) < 4.78 is 13.2. The van der Waals surface area contributed by atoms with Gasteiger partial charge < -0.3 is 15.5 Å². The Morgan fingerprint density at radius 2 is 2.14 bits per heavy atom. The summed E-state index contributed by atoms with van der Waals surface area (Å²) in [6, 6.07) is 3.99. The molecule has 0 radical (unpaired) electrons. The van der Waals surface area contributed by atoms with Crippen molar-refractivity contribution in [2.45, 2.75) is 12.0 Å². The molecule has 2 rings (SSSR count). The van der Waals surface area contributed by atoms with Gasteiger partial charge in [0, 0.05) is 25.6 Å². The number of rotatable bonds is 2. The maximum Gasteiger partial charge on any atom is 0.130 e. The van der Waals surface area contributed by atoms with Gasteiger partial charge in [0.2, 0.25) is 0 Å². The second-order valence-electron chi connectivity index (χ2n) is 3.78. The highest BCUT2D eigenvalue weighted by atomic mass is 19.1. The van der Waals surface area contributed by atoms with Crippen LogP contribution in [-0.2, 0) is 6.42 Å². The third kappa shape index (κ3) is 1.71. The number of β-amino-alcohol motifs (C(OH)–C–C–N with tert-alkyl or cyclic N) is 1. The molecule has 14 heavy (non-hydrogen) atoms. The lowest BCUT2D eigenvalue weighted by Crippen LogP contribution is -2.60. The Kier molecular flexibility index (Phi) is 2.17. The summed E-state index contributed by atoms with van der Waals surface area (Å²) in [7, 11) is 0. The minimum Gasteiger partial charge on any atom is -0.508 e. The minimum atomic E-state index is -0.822. The predicted octanol–water partition coefficient (Wildman–Crippen LogP) is 0.408. The Morgan fingerprint density at radius 1 is 1.43 bits per heavy atom. The van der Waals surface area contributed by atoms with Crippen LogP contribution in [0.25, 0.3) is 0 Å². The van der Waals surface area contributed by atoms with Crippen LogP contribution in [0.1, 0.15) is 5.56 Å². The van der Waals surface area contributed by atoms with E-state index in [1.807, 2.05) is 0 Å². The predicted molar refractivity (Wildman–Crippen MR) is 49.6 cm³/mol. The van der Waals surface area contributed by atoms with Crippen LogP contribution in [0, 0.1) is 5.82 Å². The lowest BCUT2D eigenvalue weighted by molar-refractivity contribution is -0.00969. The van der Waals surface area contributed by atoms with Crippen molar-refractivity contribution < 1.29 is 14.6 Å².